The van der Waals surface area contributed by atoms with E-state index in [0.29, 0.717) is 17.9 Å². The van der Waals surface area contributed by atoms with Crippen molar-refractivity contribution in [1.82, 2.24) is 19.9 Å². The van der Waals surface area contributed by atoms with Crippen LogP contribution in [0.15, 0.2) is 17.2 Å². The van der Waals surface area contributed by atoms with Crippen molar-refractivity contribution in [1.29, 1.82) is 0 Å². The molecule has 23 heavy (non-hydrogen) atoms. The lowest BCUT2D eigenvalue weighted by Gasteiger charge is -2.25. The van der Waals surface area contributed by atoms with Gasteiger partial charge in [-0.25, -0.2) is 15.0 Å². The number of nitrogens with zero attached hydrogens (tertiary/aromatic N) is 4. The molecule has 2 aromatic rings. The quantitative estimate of drug-likeness (QED) is 0.864. The number of hydrogen-bond acceptors (Lipinski definition) is 7. The molecule has 0 aliphatic carbocycles. The minimum Gasteiger partial charge on any atom is -0.382 e. The van der Waals surface area contributed by atoms with Crippen LogP contribution in [0.2, 0.25) is 0 Å². The summed E-state index contributed by atoms with van der Waals surface area (Å²) in [5.74, 6) is 1.20. The van der Waals surface area contributed by atoms with Crippen molar-refractivity contribution in [2.24, 2.45) is 0 Å². The van der Waals surface area contributed by atoms with E-state index in [1.165, 1.54) is 0 Å². The Balaban J connectivity index is 1.88. The van der Waals surface area contributed by atoms with Crippen LogP contribution in [0.4, 0.5) is 5.82 Å². The van der Waals surface area contributed by atoms with E-state index < -0.39 is 0 Å². The van der Waals surface area contributed by atoms with Gasteiger partial charge < -0.3 is 10.5 Å². The molecule has 0 saturated carbocycles. The number of thioether (sulfide) groups is 1. The van der Waals surface area contributed by atoms with Gasteiger partial charge in [-0.15, -0.1) is 11.8 Å². The third kappa shape index (κ3) is 4.31. The van der Waals surface area contributed by atoms with Crippen molar-refractivity contribution in [3.63, 3.8) is 0 Å². The highest BCUT2D eigenvalue weighted by atomic mass is 32.2. The van der Waals surface area contributed by atoms with E-state index in [9.17, 15) is 0 Å². The first kappa shape index (κ1) is 16.4. The Hall–Kier alpha value is -1.44. The number of ether oxygens (including phenoxy) is 1. The van der Waals surface area contributed by atoms with Gasteiger partial charge in [0.25, 0.3) is 0 Å². The number of morpholine rings is 1. The standard InChI is InChI=1S/C16H23N5OS/c1-16(2,3)23-11-8-12-14(18-9-11)15(17)20-13(19-12)10-21-4-6-22-7-5-21/h8-9H,4-7,10H2,1-3H3,(H2,17,19,20). The molecule has 3 heterocycles. The van der Waals surface area contributed by atoms with Crippen LogP contribution in [0.1, 0.15) is 26.6 Å². The maximum atomic E-state index is 6.08. The summed E-state index contributed by atoms with van der Waals surface area (Å²) in [6.07, 6.45) is 1.85. The van der Waals surface area contributed by atoms with E-state index in [1.807, 2.05) is 6.20 Å². The average molecular weight is 333 g/mol. The fourth-order valence-electron chi connectivity index (χ4n) is 2.51. The van der Waals surface area contributed by atoms with Crippen molar-refractivity contribution >= 4 is 28.6 Å². The highest BCUT2D eigenvalue weighted by Gasteiger charge is 2.16. The van der Waals surface area contributed by atoms with E-state index in [0.717, 1.165) is 42.5 Å². The summed E-state index contributed by atoms with van der Waals surface area (Å²) < 4.78 is 5.50. The predicted octanol–water partition coefficient (Wildman–Crippen LogP) is 2.33. The minimum atomic E-state index is 0.130. The predicted molar refractivity (Wildman–Crippen MR) is 93.5 cm³/mol. The maximum Gasteiger partial charge on any atom is 0.153 e. The molecule has 0 radical (unpaired) electrons. The first-order valence-electron chi connectivity index (χ1n) is 7.82. The number of rotatable bonds is 3. The molecule has 0 spiro atoms. The van der Waals surface area contributed by atoms with Gasteiger partial charge in [-0.1, -0.05) is 20.8 Å². The van der Waals surface area contributed by atoms with Crippen LogP contribution in [-0.2, 0) is 11.3 Å². The van der Waals surface area contributed by atoms with Gasteiger partial charge >= 0.3 is 0 Å². The number of hydrogen-bond donors (Lipinski definition) is 1. The molecule has 124 valence electrons. The number of fused-ring (bicyclic) bond motifs is 1. The third-order valence-electron chi connectivity index (χ3n) is 3.48. The van der Waals surface area contributed by atoms with Crippen molar-refractivity contribution < 1.29 is 4.74 Å². The Morgan fingerprint density at radius 2 is 2.00 bits per heavy atom. The van der Waals surface area contributed by atoms with E-state index >= 15 is 0 Å². The van der Waals surface area contributed by atoms with Crippen LogP contribution in [0.25, 0.3) is 11.0 Å². The molecule has 2 N–H and O–H groups in total. The van der Waals surface area contributed by atoms with Crippen LogP contribution in [-0.4, -0.2) is 50.9 Å². The molecule has 6 nitrogen and oxygen atoms in total. The van der Waals surface area contributed by atoms with Gasteiger partial charge in [-0.3, -0.25) is 4.90 Å². The Kier molecular flexibility index (Phi) is 4.70. The average Bonchev–Trinajstić information content (AvgIpc) is 2.46. The lowest BCUT2D eigenvalue weighted by Crippen LogP contribution is -2.36. The van der Waals surface area contributed by atoms with Gasteiger partial charge in [-0.05, 0) is 6.07 Å². The van der Waals surface area contributed by atoms with Gasteiger partial charge in [0.05, 0.1) is 25.3 Å². The second-order valence-electron chi connectivity index (χ2n) is 6.67. The summed E-state index contributed by atoms with van der Waals surface area (Å²) in [4.78, 5) is 16.9. The molecule has 3 rings (SSSR count). The number of anilines is 1. The van der Waals surface area contributed by atoms with Gasteiger partial charge in [-0.2, -0.15) is 0 Å². The first-order valence-corrected chi connectivity index (χ1v) is 8.64. The van der Waals surface area contributed by atoms with Crippen LogP contribution in [0.3, 0.4) is 0 Å². The molecule has 1 fully saturated rings. The fraction of sp³-hybridized carbons (Fsp3) is 0.562. The molecular weight excluding hydrogens is 310 g/mol. The molecule has 0 atom stereocenters. The first-order chi connectivity index (χ1) is 10.9. The highest BCUT2D eigenvalue weighted by molar-refractivity contribution is 8.00. The van der Waals surface area contributed by atoms with E-state index in [-0.39, 0.29) is 4.75 Å². The van der Waals surface area contributed by atoms with E-state index in [1.54, 1.807) is 11.8 Å². The Morgan fingerprint density at radius 3 is 2.70 bits per heavy atom. The molecule has 2 aromatic heterocycles. The number of aromatic nitrogens is 3. The summed E-state index contributed by atoms with van der Waals surface area (Å²) in [5.41, 5.74) is 7.57. The molecule has 0 unspecified atom stereocenters. The Labute approximate surface area is 140 Å². The number of pyridine rings is 1. The Morgan fingerprint density at radius 1 is 1.26 bits per heavy atom. The second kappa shape index (κ2) is 6.59. The summed E-state index contributed by atoms with van der Waals surface area (Å²) in [5, 5.41) is 0. The molecule has 1 aliphatic rings. The van der Waals surface area contributed by atoms with Crippen molar-refractivity contribution in [3.8, 4) is 0 Å². The molecule has 1 aliphatic heterocycles. The Bertz CT molecular complexity index is 695. The topological polar surface area (TPSA) is 77.2 Å². The molecule has 0 aromatic carbocycles. The van der Waals surface area contributed by atoms with Crippen molar-refractivity contribution in [2.75, 3.05) is 32.0 Å². The van der Waals surface area contributed by atoms with Crippen LogP contribution in [0, 0.1) is 0 Å². The summed E-state index contributed by atoms with van der Waals surface area (Å²) in [6, 6.07) is 2.05. The van der Waals surface area contributed by atoms with Crippen LogP contribution in [0.5, 0.6) is 0 Å². The van der Waals surface area contributed by atoms with Gasteiger partial charge in [0.2, 0.25) is 0 Å². The van der Waals surface area contributed by atoms with E-state index in [4.69, 9.17) is 10.5 Å². The van der Waals surface area contributed by atoms with Crippen molar-refractivity contribution in [3.05, 3.63) is 18.1 Å². The lowest BCUT2D eigenvalue weighted by atomic mass is 10.3. The number of nitrogens with two attached hydrogens (primary N) is 1. The van der Waals surface area contributed by atoms with E-state index in [2.05, 4.69) is 46.7 Å². The molecular formula is C16H23N5OS. The fourth-order valence-corrected chi connectivity index (χ4v) is 3.50. The third-order valence-corrected chi connectivity index (χ3v) is 4.55. The highest BCUT2D eigenvalue weighted by Crippen LogP contribution is 2.32. The molecule has 7 heteroatoms. The van der Waals surface area contributed by atoms with Gasteiger partial charge in [0.15, 0.2) is 5.82 Å². The summed E-state index contributed by atoms with van der Waals surface area (Å²) >= 11 is 1.77. The normalized spacial score (nSPS) is 16.8. The molecule has 1 saturated heterocycles. The van der Waals surface area contributed by atoms with Crippen LogP contribution >= 0.6 is 11.8 Å². The second-order valence-corrected chi connectivity index (χ2v) is 8.57. The zero-order valence-corrected chi connectivity index (χ0v) is 14.7. The zero-order chi connectivity index (χ0) is 16.4. The van der Waals surface area contributed by atoms with Crippen molar-refractivity contribution in [2.45, 2.75) is 37.0 Å². The van der Waals surface area contributed by atoms with Gasteiger partial charge in [0, 0.05) is 28.9 Å². The molecule has 0 bridgehead atoms. The summed E-state index contributed by atoms with van der Waals surface area (Å²) in [6.45, 7) is 10.6. The largest absolute Gasteiger partial charge is 0.382 e. The molecule has 0 amide bonds. The maximum absolute atomic E-state index is 6.08. The van der Waals surface area contributed by atoms with Gasteiger partial charge in [0.1, 0.15) is 11.3 Å². The lowest BCUT2D eigenvalue weighted by molar-refractivity contribution is 0.0331. The SMILES string of the molecule is CC(C)(C)Sc1cnc2c(N)nc(CN3CCOCC3)nc2c1. The smallest absolute Gasteiger partial charge is 0.153 e. The monoisotopic (exact) mass is 333 g/mol. The minimum absolute atomic E-state index is 0.130. The zero-order valence-electron chi connectivity index (χ0n) is 13.9. The summed E-state index contributed by atoms with van der Waals surface area (Å²) in [7, 11) is 0. The number of nitrogen functional groups attached to an aromatic ring is 1. The van der Waals surface area contributed by atoms with Crippen LogP contribution < -0.4 is 5.73 Å².